The molecule has 3 amide bonds. The number of sulfonamides is 1. The summed E-state index contributed by atoms with van der Waals surface area (Å²) in [6, 6.07) is 6.89. The summed E-state index contributed by atoms with van der Waals surface area (Å²) in [7, 11) is -3.15. The zero-order chi connectivity index (χ0) is 22.0. The summed E-state index contributed by atoms with van der Waals surface area (Å²) in [6.07, 6.45) is 4.17. The minimum atomic E-state index is -3.15. The summed E-state index contributed by atoms with van der Waals surface area (Å²) >= 11 is 0. The Labute approximate surface area is 182 Å². The average Bonchev–Trinajstić information content (AvgIpc) is 3.54. The summed E-state index contributed by atoms with van der Waals surface area (Å²) in [5.74, 6) is -1.29. The second-order valence-corrected chi connectivity index (χ2v) is 10.7. The van der Waals surface area contributed by atoms with Gasteiger partial charge in [0.25, 0.3) is 0 Å². The largest absolute Gasteiger partial charge is 0.348 e. The van der Waals surface area contributed by atoms with Crippen molar-refractivity contribution < 1.29 is 22.8 Å². The zero-order valence-corrected chi connectivity index (χ0v) is 18.2. The van der Waals surface area contributed by atoms with Gasteiger partial charge in [-0.25, -0.2) is 12.7 Å². The van der Waals surface area contributed by atoms with Gasteiger partial charge in [0, 0.05) is 44.0 Å². The van der Waals surface area contributed by atoms with Gasteiger partial charge in [-0.2, -0.15) is 0 Å². The van der Waals surface area contributed by atoms with Crippen LogP contribution in [0.4, 0.5) is 11.4 Å². The van der Waals surface area contributed by atoms with Crippen LogP contribution in [0.2, 0.25) is 0 Å². The molecule has 31 heavy (non-hydrogen) atoms. The van der Waals surface area contributed by atoms with Crippen LogP contribution >= 0.6 is 0 Å². The Hall–Kier alpha value is -2.46. The predicted octanol–water partition coefficient (Wildman–Crippen LogP) is 1.07. The van der Waals surface area contributed by atoms with E-state index in [1.807, 2.05) is 0 Å². The summed E-state index contributed by atoms with van der Waals surface area (Å²) < 4.78 is 26.1. The van der Waals surface area contributed by atoms with Crippen LogP contribution in [0.1, 0.15) is 38.5 Å². The summed E-state index contributed by atoms with van der Waals surface area (Å²) in [4.78, 5) is 38.0. The molecular formula is C21H28N4O5S. The van der Waals surface area contributed by atoms with Gasteiger partial charge in [0.05, 0.1) is 5.25 Å². The highest BCUT2D eigenvalue weighted by Gasteiger charge is 2.41. The van der Waals surface area contributed by atoms with Crippen molar-refractivity contribution in [1.82, 2.24) is 9.62 Å². The van der Waals surface area contributed by atoms with Crippen molar-refractivity contribution >= 4 is 39.1 Å². The molecule has 3 fully saturated rings. The Morgan fingerprint density at radius 1 is 1.03 bits per heavy atom. The van der Waals surface area contributed by atoms with Crippen LogP contribution in [0.3, 0.4) is 0 Å². The van der Waals surface area contributed by atoms with Gasteiger partial charge in [-0.15, -0.1) is 0 Å². The Bertz CT molecular complexity index is 968. The molecule has 2 aliphatic heterocycles. The second kappa shape index (κ2) is 8.96. The van der Waals surface area contributed by atoms with Gasteiger partial charge < -0.3 is 15.5 Å². The van der Waals surface area contributed by atoms with Crippen molar-refractivity contribution in [2.24, 2.45) is 5.92 Å². The SMILES string of the molecule is O=C(NCC1CCN(S(=O)(=O)C2CC2)CC1)C(=O)Nc1cccc(N2CCCC2=O)c1. The van der Waals surface area contributed by atoms with Crippen LogP contribution in [-0.4, -0.2) is 61.9 Å². The number of nitrogens with zero attached hydrogens (tertiary/aromatic N) is 2. The molecule has 1 aromatic carbocycles. The first-order valence-electron chi connectivity index (χ1n) is 10.8. The predicted molar refractivity (Wildman–Crippen MR) is 116 cm³/mol. The van der Waals surface area contributed by atoms with Crippen LogP contribution in [-0.2, 0) is 24.4 Å². The number of rotatable bonds is 6. The fourth-order valence-electron chi connectivity index (χ4n) is 4.12. The van der Waals surface area contributed by atoms with Crippen molar-refractivity contribution in [1.29, 1.82) is 0 Å². The summed E-state index contributed by atoms with van der Waals surface area (Å²) in [5, 5.41) is 5.03. The molecule has 0 aromatic heterocycles. The van der Waals surface area contributed by atoms with Crippen LogP contribution in [0.25, 0.3) is 0 Å². The highest BCUT2D eigenvalue weighted by Crippen LogP contribution is 2.33. The van der Waals surface area contributed by atoms with Crippen molar-refractivity contribution in [2.45, 2.75) is 43.8 Å². The number of hydrogen-bond donors (Lipinski definition) is 2. The van der Waals surface area contributed by atoms with Gasteiger partial charge in [-0.3, -0.25) is 14.4 Å². The number of carbonyl (C=O) groups is 3. The molecule has 0 bridgehead atoms. The van der Waals surface area contributed by atoms with Crippen LogP contribution in [0, 0.1) is 5.92 Å². The number of amides is 3. The first-order chi connectivity index (χ1) is 14.8. The second-order valence-electron chi connectivity index (χ2n) is 8.45. The third-order valence-corrected chi connectivity index (χ3v) is 8.52. The minimum absolute atomic E-state index is 0.0530. The van der Waals surface area contributed by atoms with E-state index in [1.54, 1.807) is 33.5 Å². The maximum absolute atomic E-state index is 12.3. The molecule has 0 unspecified atom stereocenters. The maximum atomic E-state index is 12.3. The molecule has 0 radical (unpaired) electrons. The number of nitrogens with one attached hydrogen (secondary N) is 2. The van der Waals surface area contributed by atoms with Gasteiger partial charge in [-0.05, 0) is 56.2 Å². The first-order valence-corrected chi connectivity index (χ1v) is 12.3. The molecule has 0 atom stereocenters. The Morgan fingerprint density at radius 3 is 2.42 bits per heavy atom. The average molecular weight is 449 g/mol. The van der Waals surface area contributed by atoms with E-state index in [1.165, 1.54) is 0 Å². The van der Waals surface area contributed by atoms with E-state index >= 15 is 0 Å². The molecule has 2 N–H and O–H groups in total. The molecule has 1 aliphatic carbocycles. The number of carbonyl (C=O) groups excluding carboxylic acids is 3. The van der Waals surface area contributed by atoms with E-state index in [0.717, 1.165) is 19.3 Å². The summed E-state index contributed by atoms with van der Waals surface area (Å²) in [6.45, 7) is 1.92. The number of hydrogen-bond acceptors (Lipinski definition) is 5. The molecule has 0 spiro atoms. The number of benzene rings is 1. The van der Waals surface area contributed by atoms with Crippen molar-refractivity contribution in [3.05, 3.63) is 24.3 Å². The number of piperidine rings is 1. The monoisotopic (exact) mass is 448 g/mol. The Kier molecular flexibility index (Phi) is 6.29. The van der Waals surface area contributed by atoms with E-state index < -0.39 is 21.8 Å². The van der Waals surface area contributed by atoms with Crippen molar-refractivity contribution in [3.8, 4) is 0 Å². The molecule has 9 nitrogen and oxygen atoms in total. The minimum Gasteiger partial charge on any atom is -0.348 e. The maximum Gasteiger partial charge on any atom is 0.313 e. The lowest BCUT2D eigenvalue weighted by atomic mass is 9.98. The highest BCUT2D eigenvalue weighted by molar-refractivity contribution is 7.90. The zero-order valence-electron chi connectivity index (χ0n) is 17.4. The fourth-order valence-corrected chi connectivity index (χ4v) is 6.00. The van der Waals surface area contributed by atoms with Crippen molar-refractivity contribution in [2.75, 3.05) is 36.4 Å². The lowest BCUT2D eigenvalue weighted by Gasteiger charge is -2.31. The first kappa shape index (κ1) is 21.8. The van der Waals surface area contributed by atoms with E-state index in [9.17, 15) is 22.8 Å². The topological polar surface area (TPSA) is 116 Å². The van der Waals surface area contributed by atoms with Crippen LogP contribution < -0.4 is 15.5 Å². The Balaban J connectivity index is 1.23. The third kappa shape index (κ3) is 5.07. The van der Waals surface area contributed by atoms with Gasteiger partial charge in [0.2, 0.25) is 15.9 Å². The standard InChI is InChI=1S/C21H28N4O5S/c26-19-5-2-10-25(19)17-4-1-3-16(13-17)23-21(28)20(27)22-14-15-8-11-24(12-9-15)31(29,30)18-6-7-18/h1,3-4,13,15,18H,2,5-12,14H2,(H,22,27)(H,23,28). The lowest BCUT2D eigenvalue weighted by molar-refractivity contribution is -0.136. The molecule has 1 saturated carbocycles. The highest BCUT2D eigenvalue weighted by atomic mass is 32.2. The molecular weight excluding hydrogens is 420 g/mol. The van der Waals surface area contributed by atoms with Crippen LogP contribution in [0.5, 0.6) is 0 Å². The molecule has 2 saturated heterocycles. The molecule has 3 aliphatic rings. The molecule has 168 valence electrons. The van der Waals surface area contributed by atoms with Gasteiger partial charge in [0.15, 0.2) is 0 Å². The molecule has 4 rings (SSSR count). The lowest BCUT2D eigenvalue weighted by Crippen LogP contribution is -2.44. The summed E-state index contributed by atoms with van der Waals surface area (Å²) in [5.41, 5.74) is 1.16. The molecule has 10 heteroatoms. The molecule has 1 aromatic rings. The third-order valence-electron chi connectivity index (χ3n) is 6.13. The quantitative estimate of drug-likeness (QED) is 0.632. The van der Waals surface area contributed by atoms with Gasteiger partial charge >= 0.3 is 11.8 Å². The van der Waals surface area contributed by atoms with Crippen molar-refractivity contribution in [3.63, 3.8) is 0 Å². The smallest absolute Gasteiger partial charge is 0.313 e. The van der Waals surface area contributed by atoms with E-state index in [-0.39, 0.29) is 17.1 Å². The Morgan fingerprint density at radius 2 is 1.77 bits per heavy atom. The normalized spacial score (nSPS) is 20.6. The van der Waals surface area contributed by atoms with E-state index in [4.69, 9.17) is 0 Å². The molecule has 2 heterocycles. The van der Waals surface area contributed by atoms with Gasteiger partial charge in [0.1, 0.15) is 0 Å². The number of anilines is 2. The van der Waals surface area contributed by atoms with Crippen LogP contribution in [0.15, 0.2) is 24.3 Å². The van der Waals surface area contributed by atoms with E-state index in [2.05, 4.69) is 10.6 Å². The van der Waals surface area contributed by atoms with E-state index in [0.29, 0.717) is 56.8 Å². The van der Waals surface area contributed by atoms with Gasteiger partial charge in [-0.1, -0.05) is 6.07 Å². The fraction of sp³-hybridized carbons (Fsp3) is 0.571.